The van der Waals surface area contributed by atoms with Gasteiger partial charge in [-0.25, -0.2) is 0 Å². The van der Waals surface area contributed by atoms with Crippen LogP contribution in [0, 0.1) is 0 Å². The summed E-state index contributed by atoms with van der Waals surface area (Å²) in [5.74, 6) is 0.0475. The highest BCUT2D eigenvalue weighted by Gasteiger charge is 2.28. The SMILES string of the molecule is CNC(=O)CC(CN)N1CCC(OC)C1. The third-order valence-corrected chi connectivity index (χ3v) is 3.00. The number of carbonyl (C=O) groups excluding carboxylic acids is 1. The van der Waals surface area contributed by atoms with Gasteiger partial charge in [-0.15, -0.1) is 0 Å². The summed E-state index contributed by atoms with van der Waals surface area (Å²) >= 11 is 0. The minimum Gasteiger partial charge on any atom is -0.380 e. The van der Waals surface area contributed by atoms with E-state index in [9.17, 15) is 4.79 Å². The number of ether oxygens (including phenoxy) is 1. The third-order valence-electron chi connectivity index (χ3n) is 3.00. The smallest absolute Gasteiger partial charge is 0.221 e. The number of hydrogen-bond donors (Lipinski definition) is 2. The summed E-state index contributed by atoms with van der Waals surface area (Å²) in [6.45, 7) is 2.37. The lowest BCUT2D eigenvalue weighted by atomic mass is 10.1. The van der Waals surface area contributed by atoms with Crippen molar-refractivity contribution in [2.75, 3.05) is 33.8 Å². The standard InChI is InChI=1S/C10H21N3O2/c1-12-10(14)5-8(6-11)13-4-3-9(7-13)15-2/h8-9H,3-7,11H2,1-2H3,(H,12,14). The van der Waals surface area contributed by atoms with Gasteiger partial charge < -0.3 is 15.8 Å². The molecule has 1 aliphatic rings. The van der Waals surface area contributed by atoms with Crippen molar-refractivity contribution in [1.29, 1.82) is 0 Å². The van der Waals surface area contributed by atoms with E-state index in [0.717, 1.165) is 19.5 Å². The highest BCUT2D eigenvalue weighted by molar-refractivity contribution is 5.76. The number of amides is 1. The molecule has 1 fully saturated rings. The summed E-state index contributed by atoms with van der Waals surface area (Å²) in [6.07, 6.45) is 1.80. The van der Waals surface area contributed by atoms with Gasteiger partial charge in [0.05, 0.1) is 6.10 Å². The van der Waals surface area contributed by atoms with E-state index in [1.807, 2.05) is 0 Å². The van der Waals surface area contributed by atoms with Crippen molar-refractivity contribution in [2.24, 2.45) is 5.73 Å². The minimum absolute atomic E-state index is 0.0475. The largest absolute Gasteiger partial charge is 0.380 e. The molecule has 5 nitrogen and oxygen atoms in total. The molecule has 1 rings (SSSR count). The van der Waals surface area contributed by atoms with Gasteiger partial charge in [0.15, 0.2) is 0 Å². The molecule has 0 aromatic heterocycles. The molecule has 1 amide bonds. The van der Waals surface area contributed by atoms with E-state index in [0.29, 0.717) is 19.1 Å². The van der Waals surface area contributed by atoms with Crippen molar-refractivity contribution < 1.29 is 9.53 Å². The van der Waals surface area contributed by atoms with E-state index >= 15 is 0 Å². The molecule has 15 heavy (non-hydrogen) atoms. The van der Waals surface area contributed by atoms with E-state index in [-0.39, 0.29) is 11.9 Å². The monoisotopic (exact) mass is 215 g/mol. The zero-order valence-corrected chi connectivity index (χ0v) is 9.53. The average molecular weight is 215 g/mol. The molecule has 5 heteroatoms. The molecule has 0 saturated carbocycles. The second kappa shape index (κ2) is 6.05. The van der Waals surface area contributed by atoms with E-state index in [4.69, 9.17) is 10.5 Å². The molecule has 1 heterocycles. The lowest BCUT2D eigenvalue weighted by Crippen LogP contribution is -2.42. The zero-order valence-electron chi connectivity index (χ0n) is 9.53. The van der Waals surface area contributed by atoms with Crippen molar-refractivity contribution >= 4 is 5.91 Å². The molecular weight excluding hydrogens is 194 g/mol. The number of hydrogen-bond acceptors (Lipinski definition) is 4. The van der Waals surface area contributed by atoms with Crippen LogP contribution >= 0.6 is 0 Å². The van der Waals surface area contributed by atoms with Gasteiger partial charge in [-0.05, 0) is 6.42 Å². The molecule has 3 N–H and O–H groups in total. The first-order valence-corrected chi connectivity index (χ1v) is 5.38. The number of nitrogens with one attached hydrogen (secondary N) is 1. The fraction of sp³-hybridized carbons (Fsp3) is 0.900. The fourth-order valence-corrected chi connectivity index (χ4v) is 1.96. The molecule has 88 valence electrons. The molecule has 1 aliphatic heterocycles. The summed E-state index contributed by atoms with van der Waals surface area (Å²) < 4.78 is 5.28. The maximum absolute atomic E-state index is 11.3. The molecule has 0 aromatic rings. The van der Waals surface area contributed by atoms with Crippen LogP contribution in [0.2, 0.25) is 0 Å². The molecular formula is C10H21N3O2. The molecule has 0 bridgehead atoms. The van der Waals surface area contributed by atoms with Gasteiger partial charge in [0.2, 0.25) is 5.91 Å². The normalized spacial score (nSPS) is 24.1. The number of methoxy groups -OCH3 is 1. The van der Waals surface area contributed by atoms with Crippen LogP contribution in [-0.2, 0) is 9.53 Å². The molecule has 0 radical (unpaired) electrons. The summed E-state index contributed by atoms with van der Waals surface area (Å²) in [6, 6.07) is 0.144. The summed E-state index contributed by atoms with van der Waals surface area (Å²) in [7, 11) is 3.38. The Kier molecular flexibility index (Phi) is 5.01. The Morgan fingerprint density at radius 3 is 2.93 bits per heavy atom. The van der Waals surface area contributed by atoms with Crippen LogP contribution in [0.25, 0.3) is 0 Å². The number of carbonyl (C=O) groups is 1. The number of nitrogens with two attached hydrogens (primary N) is 1. The summed E-state index contributed by atoms with van der Waals surface area (Å²) in [5.41, 5.74) is 5.68. The van der Waals surface area contributed by atoms with Crippen molar-refractivity contribution in [3.05, 3.63) is 0 Å². The Morgan fingerprint density at radius 2 is 2.47 bits per heavy atom. The predicted molar refractivity (Wildman–Crippen MR) is 58.5 cm³/mol. The van der Waals surface area contributed by atoms with Crippen LogP contribution in [0.15, 0.2) is 0 Å². The zero-order chi connectivity index (χ0) is 11.3. The molecule has 2 unspecified atom stereocenters. The maximum Gasteiger partial charge on any atom is 0.221 e. The van der Waals surface area contributed by atoms with E-state index in [1.54, 1.807) is 14.2 Å². The molecule has 0 spiro atoms. The molecule has 0 aromatic carbocycles. The van der Waals surface area contributed by atoms with Crippen molar-refractivity contribution in [2.45, 2.75) is 25.0 Å². The first-order valence-electron chi connectivity index (χ1n) is 5.38. The second-order valence-corrected chi connectivity index (χ2v) is 3.91. The Labute approximate surface area is 90.9 Å². The van der Waals surface area contributed by atoms with Crippen molar-refractivity contribution in [1.82, 2.24) is 10.2 Å². The summed E-state index contributed by atoms with van der Waals surface area (Å²) in [5, 5.41) is 2.63. The van der Waals surface area contributed by atoms with Crippen LogP contribution in [0.4, 0.5) is 0 Å². The Morgan fingerprint density at radius 1 is 1.73 bits per heavy atom. The molecule has 1 saturated heterocycles. The topological polar surface area (TPSA) is 67.6 Å². The number of likely N-dealkylation sites (tertiary alicyclic amines) is 1. The van der Waals surface area contributed by atoms with Gasteiger partial charge in [-0.2, -0.15) is 0 Å². The maximum atomic E-state index is 11.3. The lowest BCUT2D eigenvalue weighted by molar-refractivity contribution is -0.121. The van der Waals surface area contributed by atoms with Gasteiger partial charge in [-0.3, -0.25) is 9.69 Å². The fourth-order valence-electron chi connectivity index (χ4n) is 1.96. The highest BCUT2D eigenvalue weighted by atomic mass is 16.5. The van der Waals surface area contributed by atoms with Crippen LogP contribution < -0.4 is 11.1 Å². The predicted octanol–water partition coefficient (Wildman–Crippen LogP) is -0.829. The lowest BCUT2D eigenvalue weighted by Gasteiger charge is -2.25. The average Bonchev–Trinajstić information content (AvgIpc) is 2.73. The third kappa shape index (κ3) is 3.44. The quantitative estimate of drug-likeness (QED) is 0.628. The van der Waals surface area contributed by atoms with Crippen LogP contribution in [0.1, 0.15) is 12.8 Å². The highest BCUT2D eigenvalue weighted by Crippen LogP contribution is 2.16. The van der Waals surface area contributed by atoms with E-state index < -0.39 is 0 Å². The minimum atomic E-state index is 0.0475. The molecule has 0 aliphatic carbocycles. The van der Waals surface area contributed by atoms with Gasteiger partial charge in [-0.1, -0.05) is 0 Å². The van der Waals surface area contributed by atoms with Gasteiger partial charge >= 0.3 is 0 Å². The first-order chi connectivity index (χ1) is 7.21. The first kappa shape index (κ1) is 12.4. The molecule has 2 atom stereocenters. The van der Waals surface area contributed by atoms with Crippen molar-refractivity contribution in [3.8, 4) is 0 Å². The van der Waals surface area contributed by atoms with Gasteiger partial charge in [0.1, 0.15) is 0 Å². The Balaban J connectivity index is 2.42. The summed E-state index contributed by atoms with van der Waals surface area (Å²) in [4.78, 5) is 13.5. The Bertz CT molecular complexity index is 211. The van der Waals surface area contributed by atoms with Crippen molar-refractivity contribution in [3.63, 3.8) is 0 Å². The van der Waals surface area contributed by atoms with E-state index in [1.165, 1.54) is 0 Å². The Hall–Kier alpha value is -0.650. The van der Waals surface area contributed by atoms with E-state index in [2.05, 4.69) is 10.2 Å². The number of nitrogens with zero attached hydrogens (tertiary/aromatic N) is 1. The number of rotatable bonds is 5. The van der Waals surface area contributed by atoms with Crippen LogP contribution in [-0.4, -0.2) is 56.7 Å². The van der Waals surface area contributed by atoms with Crippen LogP contribution in [0.5, 0.6) is 0 Å². The van der Waals surface area contributed by atoms with Gasteiger partial charge in [0.25, 0.3) is 0 Å². The second-order valence-electron chi connectivity index (χ2n) is 3.91. The van der Waals surface area contributed by atoms with Gasteiger partial charge in [0, 0.05) is 46.3 Å². The van der Waals surface area contributed by atoms with Crippen LogP contribution in [0.3, 0.4) is 0 Å².